The second-order valence-electron chi connectivity index (χ2n) is 6.44. The largest absolute Gasteiger partial charge is 0.449 e. The van der Waals surface area contributed by atoms with Gasteiger partial charge in [-0.25, -0.2) is 17.9 Å². The lowest BCUT2D eigenvalue weighted by molar-refractivity contribution is -0.123. The van der Waals surface area contributed by atoms with Gasteiger partial charge < -0.3 is 10.1 Å². The number of amides is 1. The third-order valence-electron chi connectivity index (χ3n) is 4.08. The molecular formula is C19H19ClN2O5S. The Balaban J connectivity index is 1.60. The van der Waals surface area contributed by atoms with Gasteiger partial charge in [0.15, 0.2) is 6.10 Å². The molecule has 0 saturated heterocycles. The Hall–Kier alpha value is -2.42. The number of rotatable bonds is 7. The van der Waals surface area contributed by atoms with Gasteiger partial charge in [-0.15, -0.1) is 0 Å². The molecular weight excluding hydrogens is 404 g/mol. The molecule has 1 amide bonds. The van der Waals surface area contributed by atoms with Crippen LogP contribution in [0.3, 0.4) is 0 Å². The highest BCUT2D eigenvalue weighted by Crippen LogP contribution is 2.23. The van der Waals surface area contributed by atoms with Gasteiger partial charge in [0.1, 0.15) is 0 Å². The van der Waals surface area contributed by atoms with Crippen LogP contribution in [0.1, 0.15) is 30.1 Å². The van der Waals surface area contributed by atoms with Crippen LogP contribution in [0.4, 0.5) is 5.69 Å². The van der Waals surface area contributed by atoms with Crippen LogP contribution in [0.15, 0.2) is 53.4 Å². The van der Waals surface area contributed by atoms with Crippen molar-refractivity contribution in [3.63, 3.8) is 0 Å². The number of hydrogen-bond acceptors (Lipinski definition) is 5. The number of sulfonamides is 1. The first-order chi connectivity index (χ1) is 13.3. The van der Waals surface area contributed by atoms with Crippen molar-refractivity contribution in [2.75, 3.05) is 5.32 Å². The summed E-state index contributed by atoms with van der Waals surface area (Å²) >= 11 is 5.98. The minimum Gasteiger partial charge on any atom is -0.449 e. The van der Waals surface area contributed by atoms with E-state index in [1.165, 1.54) is 31.2 Å². The number of halogens is 1. The Bertz CT molecular complexity index is 988. The van der Waals surface area contributed by atoms with Crippen molar-refractivity contribution in [3.05, 3.63) is 59.1 Å². The highest BCUT2D eigenvalue weighted by atomic mass is 35.5. The number of benzene rings is 2. The molecule has 2 N–H and O–H groups in total. The number of esters is 1. The summed E-state index contributed by atoms with van der Waals surface area (Å²) in [7, 11) is -3.59. The van der Waals surface area contributed by atoms with Crippen molar-refractivity contribution < 1.29 is 22.7 Å². The molecule has 7 nitrogen and oxygen atoms in total. The first-order valence-corrected chi connectivity index (χ1v) is 10.5. The van der Waals surface area contributed by atoms with E-state index >= 15 is 0 Å². The number of carbonyl (C=O) groups excluding carboxylic acids is 2. The molecule has 0 heterocycles. The zero-order valence-electron chi connectivity index (χ0n) is 15.0. The Kier molecular flexibility index (Phi) is 6.02. The van der Waals surface area contributed by atoms with Gasteiger partial charge in [-0.1, -0.05) is 23.7 Å². The van der Waals surface area contributed by atoms with Gasteiger partial charge in [0, 0.05) is 6.04 Å². The lowest BCUT2D eigenvalue weighted by Gasteiger charge is -2.14. The number of ether oxygens (including phenoxy) is 1. The fraction of sp³-hybridized carbons (Fsp3) is 0.263. The average molecular weight is 423 g/mol. The maximum absolute atomic E-state index is 12.2. The lowest BCUT2D eigenvalue weighted by Crippen LogP contribution is -2.30. The van der Waals surface area contributed by atoms with Gasteiger partial charge in [-0.3, -0.25) is 4.79 Å². The molecule has 148 valence electrons. The molecule has 1 saturated carbocycles. The molecule has 1 unspecified atom stereocenters. The van der Waals surface area contributed by atoms with E-state index in [4.69, 9.17) is 16.3 Å². The highest BCUT2D eigenvalue weighted by molar-refractivity contribution is 7.89. The van der Waals surface area contributed by atoms with Crippen LogP contribution in [-0.2, 0) is 19.6 Å². The maximum Gasteiger partial charge on any atom is 0.338 e. The highest BCUT2D eigenvalue weighted by Gasteiger charge is 2.28. The van der Waals surface area contributed by atoms with Crippen LogP contribution in [0.25, 0.3) is 0 Å². The minimum absolute atomic E-state index is 0.00729. The van der Waals surface area contributed by atoms with E-state index in [0.29, 0.717) is 10.7 Å². The van der Waals surface area contributed by atoms with E-state index in [2.05, 4.69) is 10.0 Å². The van der Waals surface area contributed by atoms with E-state index in [1.54, 1.807) is 24.3 Å². The van der Waals surface area contributed by atoms with Gasteiger partial charge in [0.05, 0.1) is 21.2 Å². The summed E-state index contributed by atoms with van der Waals surface area (Å²) in [5.41, 5.74) is 0.553. The van der Waals surface area contributed by atoms with Crippen LogP contribution in [0.5, 0.6) is 0 Å². The molecule has 1 atom stereocenters. The van der Waals surface area contributed by atoms with Crippen molar-refractivity contribution in [3.8, 4) is 0 Å². The van der Waals surface area contributed by atoms with Crippen LogP contribution >= 0.6 is 11.6 Å². The number of anilines is 1. The van der Waals surface area contributed by atoms with Crippen LogP contribution in [0, 0.1) is 0 Å². The van der Waals surface area contributed by atoms with Gasteiger partial charge in [0.25, 0.3) is 5.91 Å². The van der Waals surface area contributed by atoms with E-state index in [-0.39, 0.29) is 16.5 Å². The normalized spacial score (nSPS) is 14.9. The summed E-state index contributed by atoms with van der Waals surface area (Å²) in [5.74, 6) is -1.27. The molecule has 2 aromatic rings. The first-order valence-electron chi connectivity index (χ1n) is 8.65. The van der Waals surface area contributed by atoms with E-state index < -0.39 is 28.0 Å². The topological polar surface area (TPSA) is 102 Å². The summed E-state index contributed by atoms with van der Waals surface area (Å²) in [5, 5.41) is 2.95. The Morgan fingerprint density at radius 1 is 1.11 bits per heavy atom. The molecule has 1 aliphatic rings. The maximum atomic E-state index is 12.2. The van der Waals surface area contributed by atoms with Crippen LogP contribution < -0.4 is 10.0 Å². The molecule has 3 rings (SSSR count). The predicted octanol–water partition coefficient (Wildman–Crippen LogP) is 2.96. The third-order valence-corrected chi connectivity index (χ3v) is 5.95. The van der Waals surface area contributed by atoms with E-state index in [9.17, 15) is 18.0 Å². The third kappa shape index (κ3) is 5.09. The van der Waals surface area contributed by atoms with Crippen molar-refractivity contribution in [2.24, 2.45) is 0 Å². The lowest BCUT2D eigenvalue weighted by atomic mass is 10.2. The SMILES string of the molecule is CC(OC(=O)c1ccc(S(=O)(=O)NC2CC2)cc1)C(=O)Nc1ccccc1Cl. The summed E-state index contributed by atoms with van der Waals surface area (Å²) < 4.78 is 32.0. The molecule has 2 aromatic carbocycles. The molecule has 0 radical (unpaired) electrons. The van der Waals surface area contributed by atoms with Gasteiger partial charge in [-0.05, 0) is 56.2 Å². The van der Waals surface area contributed by atoms with Crippen molar-refractivity contribution in [1.29, 1.82) is 0 Å². The molecule has 0 aliphatic heterocycles. The molecule has 0 spiro atoms. The van der Waals surface area contributed by atoms with Gasteiger partial charge in [0.2, 0.25) is 10.0 Å². The van der Waals surface area contributed by atoms with E-state index in [0.717, 1.165) is 12.8 Å². The number of nitrogens with one attached hydrogen (secondary N) is 2. The Morgan fingerprint density at radius 2 is 1.75 bits per heavy atom. The molecule has 0 bridgehead atoms. The quantitative estimate of drug-likeness (QED) is 0.668. The fourth-order valence-corrected chi connectivity index (χ4v) is 3.83. The average Bonchev–Trinajstić information content (AvgIpc) is 3.47. The Labute approximate surface area is 168 Å². The second-order valence-corrected chi connectivity index (χ2v) is 8.56. The first kappa shape index (κ1) is 20.3. The fourth-order valence-electron chi connectivity index (χ4n) is 2.34. The molecule has 0 aromatic heterocycles. The summed E-state index contributed by atoms with van der Waals surface area (Å²) in [6.07, 6.45) is 0.596. The van der Waals surface area contributed by atoms with Gasteiger partial charge in [-0.2, -0.15) is 0 Å². The summed E-state index contributed by atoms with van der Waals surface area (Å²) in [4.78, 5) is 24.5. The van der Waals surface area contributed by atoms with Crippen LogP contribution in [0.2, 0.25) is 5.02 Å². The summed E-state index contributed by atoms with van der Waals surface area (Å²) in [6.45, 7) is 1.43. The van der Waals surface area contributed by atoms with Gasteiger partial charge >= 0.3 is 5.97 Å². The summed E-state index contributed by atoms with van der Waals surface area (Å²) in [6, 6.07) is 12.0. The smallest absolute Gasteiger partial charge is 0.338 e. The van der Waals surface area contributed by atoms with Crippen LogP contribution in [-0.4, -0.2) is 32.4 Å². The zero-order valence-corrected chi connectivity index (χ0v) is 16.6. The van der Waals surface area contributed by atoms with Crippen molar-refractivity contribution >= 4 is 39.2 Å². The minimum atomic E-state index is -3.59. The molecule has 1 fully saturated rings. The monoisotopic (exact) mass is 422 g/mol. The Morgan fingerprint density at radius 3 is 2.36 bits per heavy atom. The zero-order chi connectivity index (χ0) is 20.3. The molecule has 1 aliphatic carbocycles. The number of para-hydroxylation sites is 1. The molecule has 9 heteroatoms. The van der Waals surface area contributed by atoms with E-state index in [1.807, 2.05) is 0 Å². The van der Waals surface area contributed by atoms with Crippen molar-refractivity contribution in [2.45, 2.75) is 36.8 Å². The number of carbonyl (C=O) groups is 2. The predicted molar refractivity (Wildman–Crippen MR) is 105 cm³/mol. The number of hydrogen-bond donors (Lipinski definition) is 2. The standard InChI is InChI=1S/C19H19ClN2O5S/c1-12(18(23)21-17-5-3-2-4-16(17)20)27-19(24)13-6-10-15(11-7-13)28(25,26)22-14-8-9-14/h2-7,10-12,14,22H,8-9H2,1H3,(H,21,23). The van der Waals surface area contributed by atoms with Crippen molar-refractivity contribution in [1.82, 2.24) is 4.72 Å². The second kappa shape index (κ2) is 8.30. The molecule has 28 heavy (non-hydrogen) atoms.